The zero-order valence-corrected chi connectivity index (χ0v) is 10.1. The van der Waals surface area contributed by atoms with Crippen molar-refractivity contribution in [3.63, 3.8) is 0 Å². The van der Waals surface area contributed by atoms with Crippen molar-refractivity contribution in [3.8, 4) is 11.6 Å². The van der Waals surface area contributed by atoms with Crippen LogP contribution in [0, 0.1) is 0 Å². The molecule has 98 valence electrons. The smallest absolute Gasteiger partial charge is 0.337 e. The summed E-state index contributed by atoms with van der Waals surface area (Å²) in [5.74, 6) is -1.14. The topological polar surface area (TPSA) is 118 Å². The van der Waals surface area contributed by atoms with Crippen LogP contribution in [-0.4, -0.2) is 21.0 Å². The fourth-order valence-corrected chi connectivity index (χ4v) is 1.52. The van der Waals surface area contributed by atoms with E-state index in [-0.39, 0.29) is 27.9 Å². The van der Waals surface area contributed by atoms with Crippen LogP contribution in [0.15, 0.2) is 29.3 Å². The number of aromatic amines is 1. The molecule has 0 bridgehead atoms. The number of hydrogen-bond donors (Lipinski definition) is 3. The number of anilines is 1. The second kappa shape index (κ2) is 4.99. The zero-order chi connectivity index (χ0) is 14.0. The summed E-state index contributed by atoms with van der Waals surface area (Å²) in [4.78, 5) is 28.2. The third kappa shape index (κ3) is 2.66. The molecule has 1 aromatic heterocycles. The van der Waals surface area contributed by atoms with Gasteiger partial charge in [0.25, 0.3) is 5.56 Å². The van der Waals surface area contributed by atoms with Gasteiger partial charge in [0.05, 0.1) is 16.9 Å². The fraction of sp³-hybridized carbons (Fsp3) is 0. The van der Waals surface area contributed by atoms with Crippen LogP contribution in [-0.2, 0) is 0 Å². The van der Waals surface area contributed by atoms with Crippen LogP contribution in [0.25, 0.3) is 0 Å². The summed E-state index contributed by atoms with van der Waals surface area (Å²) in [6, 6.07) is 4.02. The normalized spacial score (nSPS) is 10.2. The van der Waals surface area contributed by atoms with Crippen molar-refractivity contribution < 1.29 is 14.6 Å². The average molecular weight is 282 g/mol. The van der Waals surface area contributed by atoms with E-state index in [0.29, 0.717) is 0 Å². The van der Waals surface area contributed by atoms with Gasteiger partial charge in [0, 0.05) is 0 Å². The Labute approximate surface area is 111 Å². The molecule has 2 aromatic rings. The van der Waals surface area contributed by atoms with Gasteiger partial charge in [-0.3, -0.25) is 4.79 Å². The summed E-state index contributed by atoms with van der Waals surface area (Å²) in [5, 5.41) is 9.00. The standard InChI is InChI=1S/C11H8ClN3O4/c12-7-2-1-5(3-6(7)11(17)18)19-10-8(13)9(16)14-4-15-10/h1-4H,13H2,(H,17,18)(H,14,15,16). The van der Waals surface area contributed by atoms with Crippen molar-refractivity contribution in [2.75, 3.05) is 5.73 Å². The van der Waals surface area contributed by atoms with Crippen LogP contribution in [0.1, 0.15) is 10.4 Å². The Bertz CT molecular complexity index is 699. The summed E-state index contributed by atoms with van der Waals surface area (Å²) in [7, 11) is 0. The lowest BCUT2D eigenvalue weighted by Crippen LogP contribution is -2.13. The van der Waals surface area contributed by atoms with E-state index in [4.69, 9.17) is 27.2 Å². The predicted molar refractivity (Wildman–Crippen MR) is 67.8 cm³/mol. The molecule has 0 saturated carbocycles. The van der Waals surface area contributed by atoms with E-state index in [9.17, 15) is 9.59 Å². The van der Waals surface area contributed by atoms with E-state index in [2.05, 4.69) is 9.97 Å². The highest BCUT2D eigenvalue weighted by molar-refractivity contribution is 6.33. The van der Waals surface area contributed by atoms with Crippen molar-refractivity contribution in [1.29, 1.82) is 0 Å². The molecule has 0 unspecified atom stereocenters. The van der Waals surface area contributed by atoms with Gasteiger partial charge in [-0.1, -0.05) is 11.6 Å². The molecule has 8 heteroatoms. The van der Waals surface area contributed by atoms with E-state index in [0.717, 1.165) is 6.33 Å². The number of halogens is 1. The zero-order valence-electron chi connectivity index (χ0n) is 9.38. The fourth-order valence-electron chi connectivity index (χ4n) is 1.32. The number of nitrogens with zero attached hydrogens (tertiary/aromatic N) is 1. The molecule has 0 amide bonds. The van der Waals surface area contributed by atoms with Gasteiger partial charge in [0.15, 0.2) is 5.69 Å². The molecule has 2 rings (SSSR count). The first kappa shape index (κ1) is 12.9. The number of carboxylic acid groups (broad SMARTS) is 1. The molecular formula is C11H8ClN3O4. The first-order chi connectivity index (χ1) is 8.99. The molecule has 1 aromatic carbocycles. The Balaban J connectivity index is 2.39. The summed E-state index contributed by atoms with van der Waals surface area (Å²) in [6.07, 6.45) is 1.13. The average Bonchev–Trinajstić information content (AvgIpc) is 2.37. The molecule has 0 saturated heterocycles. The molecule has 0 radical (unpaired) electrons. The maximum Gasteiger partial charge on any atom is 0.337 e. The van der Waals surface area contributed by atoms with Crippen LogP contribution < -0.4 is 16.0 Å². The van der Waals surface area contributed by atoms with Crippen molar-refractivity contribution in [2.45, 2.75) is 0 Å². The monoisotopic (exact) mass is 281 g/mol. The Hall–Kier alpha value is -2.54. The molecule has 0 spiro atoms. The lowest BCUT2D eigenvalue weighted by Gasteiger charge is -2.07. The number of carboxylic acids is 1. The summed E-state index contributed by atoms with van der Waals surface area (Å²) in [5.41, 5.74) is 4.62. The van der Waals surface area contributed by atoms with E-state index >= 15 is 0 Å². The molecule has 19 heavy (non-hydrogen) atoms. The Kier molecular flexibility index (Phi) is 3.39. The van der Waals surface area contributed by atoms with Crippen molar-refractivity contribution in [1.82, 2.24) is 9.97 Å². The Morgan fingerprint density at radius 1 is 1.47 bits per heavy atom. The summed E-state index contributed by atoms with van der Waals surface area (Å²) < 4.78 is 5.26. The van der Waals surface area contributed by atoms with Gasteiger partial charge < -0.3 is 20.6 Å². The number of nitrogen functional groups attached to an aromatic ring is 1. The van der Waals surface area contributed by atoms with Gasteiger partial charge in [0.2, 0.25) is 5.88 Å². The minimum Gasteiger partial charge on any atom is -0.478 e. The lowest BCUT2D eigenvalue weighted by atomic mass is 10.2. The van der Waals surface area contributed by atoms with Gasteiger partial charge in [0.1, 0.15) is 5.75 Å². The third-order valence-corrected chi connectivity index (χ3v) is 2.56. The number of H-pyrrole nitrogens is 1. The number of nitrogens with one attached hydrogen (secondary N) is 1. The maximum atomic E-state index is 11.2. The molecule has 0 fully saturated rings. The number of aromatic nitrogens is 2. The predicted octanol–water partition coefficient (Wildman–Crippen LogP) is 1.50. The van der Waals surface area contributed by atoms with Crippen LogP contribution >= 0.6 is 11.6 Å². The summed E-state index contributed by atoms with van der Waals surface area (Å²) in [6.45, 7) is 0. The molecule has 0 aliphatic carbocycles. The largest absolute Gasteiger partial charge is 0.478 e. The summed E-state index contributed by atoms with van der Waals surface area (Å²) >= 11 is 5.72. The molecular weight excluding hydrogens is 274 g/mol. The van der Waals surface area contributed by atoms with E-state index in [1.165, 1.54) is 18.2 Å². The van der Waals surface area contributed by atoms with E-state index in [1.54, 1.807) is 0 Å². The SMILES string of the molecule is Nc1c(Oc2ccc(Cl)c(C(=O)O)c2)nc[nH]c1=O. The number of aromatic carboxylic acids is 1. The van der Waals surface area contributed by atoms with Gasteiger partial charge in [-0.05, 0) is 18.2 Å². The number of nitrogens with two attached hydrogens (primary N) is 1. The maximum absolute atomic E-state index is 11.2. The van der Waals surface area contributed by atoms with E-state index in [1.807, 2.05) is 0 Å². The van der Waals surface area contributed by atoms with Crippen LogP contribution in [0.3, 0.4) is 0 Å². The minimum atomic E-state index is -1.19. The highest BCUT2D eigenvalue weighted by Gasteiger charge is 2.12. The number of carbonyl (C=O) groups is 1. The molecule has 0 aliphatic rings. The minimum absolute atomic E-state index is 0.0756. The second-order valence-corrected chi connectivity index (χ2v) is 3.91. The van der Waals surface area contributed by atoms with Gasteiger partial charge in [-0.2, -0.15) is 0 Å². The molecule has 7 nitrogen and oxygen atoms in total. The second-order valence-electron chi connectivity index (χ2n) is 3.50. The number of benzene rings is 1. The molecule has 0 atom stereocenters. The molecule has 4 N–H and O–H groups in total. The third-order valence-electron chi connectivity index (χ3n) is 2.24. The van der Waals surface area contributed by atoms with Crippen LogP contribution in [0.5, 0.6) is 11.6 Å². The number of rotatable bonds is 3. The lowest BCUT2D eigenvalue weighted by molar-refractivity contribution is 0.0696. The highest BCUT2D eigenvalue weighted by atomic mass is 35.5. The Morgan fingerprint density at radius 3 is 2.89 bits per heavy atom. The van der Waals surface area contributed by atoms with Gasteiger partial charge in [-0.25, -0.2) is 9.78 Å². The molecule has 1 heterocycles. The van der Waals surface area contributed by atoms with Crippen LogP contribution in [0.4, 0.5) is 5.69 Å². The van der Waals surface area contributed by atoms with Gasteiger partial charge >= 0.3 is 5.97 Å². The first-order valence-corrected chi connectivity index (χ1v) is 5.40. The molecule has 0 aliphatic heterocycles. The highest BCUT2D eigenvalue weighted by Crippen LogP contribution is 2.26. The van der Waals surface area contributed by atoms with E-state index < -0.39 is 11.5 Å². The number of ether oxygens (including phenoxy) is 1. The van der Waals surface area contributed by atoms with Gasteiger partial charge in [-0.15, -0.1) is 0 Å². The van der Waals surface area contributed by atoms with Crippen molar-refractivity contribution in [3.05, 3.63) is 45.5 Å². The quantitative estimate of drug-likeness (QED) is 0.784. The first-order valence-electron chi connectivity index (χ1n) is 5.03. The number of hydrogen-bond acceptors (Lipinski definition) is 5. The Morgan fingerprint density at radius 2 is 2.21 bits per heavy atom. The van der Waals surface area contributed by atoms with Crippen molar-refractivity contribution in [2.24, 2.45) is 0 Å². The van der Waals surface area contributed by atoms with Crippen LogP contribution in [0.2, 0.25) is 5.02 Å². The van der Waals surface area contributed by atoms with Crippen molar-refractivity contribution >= 4 is 23.3 Å².